The minimum absolute atomic E-state index is 0.516. The molecule has 0 aliphatic rings. The van der Waals surface area contributed by atoms with Gasteiger partial charge in [-0.25, -0.2) is 4.98 Å². The van der Waals surface area contributed by atoms with Crippen LogP contribution in [0.15, 0.2) is 12.5 Å². The van der Waals surface area contributed by atoms with Gasteiger partial charge in [0.2, 0.25) is 0 Å². The zero-order valence-electron chi connectivity index (χ0n) is 6.21. The Morgan fingerprint density at radius 2 is 2.50 bits per heavy atom. The van der Waals surface area contributed by atoms with E-state index in [9.17, 15) is 0 Å². The molecule has 1 heterocycles. The quantitative estimate of drug-likeness (QED) is 0.669. The molecule has 10 heavy (non-hydrogen) atoms. The average Bonchev–Trinajstić information content (AvgIpc) is 2.13. The number of aryl methyl sites for hydroxylation is 1. The van der Waals surface area contributed by atoms with E-state index in [1.807, 2.05) is 24.1 Å². The smallest absolute Gasteiger partial charge is 0.0946 e. The van der Waals surface area contributed by atoms with Crippen molar-refractivity contribution in [1.82, 2.24) is 9.55 Å². The highest BCUT2D eigenvalue weighted by atomic mass is 79.9. The molecule has 1 atom stereocenters. The molecule has 0 aliphatic heterocycles. The highest BCUT2D eigenvalue weighted by Crippen LogP contribution is 2.05. The second-order valence-electron chi connectivity index (χ2n) is 2.52. The Hall–Kier alpha value is -0.310. The lowest BCUT2D eigenvalue weighted by Gasteiger charge is -1.96. The fraction of sp³-hybridized carbons (Fsp3) is 0.571. The summed E-state index contributed by atoms with van der Waals surface area (Å²) in [6.07, 6.45) is 4.86. The molecule has 1 unspecified atom stereocenters. The summed E-state index contributed by atoms with van der Waals surface area (Å²) in [7, 11) is 1.98. The lowest BCUT2D eigenvalue weighted by molar-refractivity contribution is 0.904. The molecule has 0 saturated heterocycles. The zero-order chi connectivity index (χ0) is 7.56. The maximum absolute atomic E-state index is 4.19. The Bertz CT molecular complexity index is 205. The molecule has 56 valence electrons. The molecule has 1 rings (SSSR count). The molecule has 0 bridgehead atoms. The van der Waals surface area contributed by atoms with Crippen LogP contribution in [0.1, 0.15) is 12.6 Å². The van der Waals surface area contributed by atoms with E-state index in [2.05, 4.69) is 27.8 Å². The predicted molar refractivity (Wildman–Crippen MR) is 45.3 cm³/mol. The van der Waals surface area contributed by atoms with Crippen LogP contribution < -0.4 is 0 Å². The van der Waals surface area contributed by atoms with E-state index >= 15 is 0 Å². The van der Waals surface area contributed by atoms with Gasteiger partial charge in [-0.2, -0.15) is 0 Å². The first-order valence-corrected chi connectivity index (χ1v) is 4.21. The summed E-state index contributed by atoms with van der Waals surface area (Å²) in [6, 6.07) is 0. The van der Waals surface area contributed by atoms with Gasteiger partial charge < -0.3 is 4.57 Å². The van der Waals surface area contributed by atoms with E-state index in [0.29, 0.717) is 4.83 Å². The number of hydrogen-bond acceptors (Lipinski definition) is 1. The van der Waals surface area contributed by atoms with Crippen LogP contribution in [-0.4, -0.2) is 14.4 Å². The number of rotatable bonds is 2. The van der Waals surface area contributed by atoms with Gasteiger partial charge in [0, 0.05) is 24.5 Å². The van der Waals surface area contributed by atoms with E-state index in [1.54, 1.807) is 0 Å². The molecule has 1 aromatic heterocycles. The second-order valence-corrected chi connectivity index (χ2v) is 4.08. The van der Waals surface area contributed by atoms with Gasteiger partial charge in [0.1, 0.15) is 0 Å². The molecule has 0 aromatic carbocycles. The Kier molecular flexibility index (Phi) is 2.49. The topological polar surface area (TPSA) is 17.8 Å². The number of hydrogen-bond donors (Lipinski definition) is 0. The van der Waals surface area contributed by atoms with E-state index in [1.165, 1.54) is 0 Å². The van der Waals surface area contributed by atoms with Crippen LogP contribution in [0, 0.1) is 0 Å². The van der Waals surface area contributed by atoms with Crippen LogP contribution in [0.4, 0.5) is 0 Å². The second kappa shape index (κ2) is 3.19. The van der Waals surface area contributed by atoms with Crippen molar-refractivity contribution < 1.29 is 0 Å². The van der Waals surface area contributed by atoms with Gasteiger partial charge >= 0.3 is 0 Å². The molecule has 2 nitrogen and oxygen atoms in total. The van der Waals surface area contributed by atoms with Crippen LogP contribution in [0.2, 0.25) is 0 Å². The first kappa shape index (κ1) is 7.79. The van der Waals surface area contributed by atoms with Crippen LogP contribution in [-0.2, 0) is 13.5 Å². The minimum Gasteiger partial charge on any atom is -0.340 e. The fourth-order valence-corrected chi connectivity index (χ4v) is 1.19. The number of nitrogens with zero attached hydrogens (tertiary/aromatic N) is 2. The SMILES string of the molecule is CC(Br)Cc1cn(C)cn1. The molecular weight excluding hydrogens is 192 g/mol. The summed E-state index contributed by atoms with van der Waals surface area (Å²) in [5, 5.41) is 0. The zero-order valence-corrected chi connectivity index (χ0v) is 7.80. The van der Waals surface area contributed by atoms with Crippen molar-refractivity contribution in [2.75, 3.05) is 0 Å². The van der Waals surface area contributed by atoms with Crippen molar-refractivity contribution in [1.29, 1.82) is 0 Å². The Morgan fingerprint density at radius 1 is 1.80 bits per heavy atom. The van der Waals surface area contributed by atoms with Crippen LogP contribution in [0.25, 0.3) is 0 Å². The van der Waals surface area contributed by atoms with Crippen molar-refractivity contribution in [3.8, 4) is 0 Å². The normalized spacial score (nSPS) is 13.5. The standard InChI is InChI=1S/C7H11BrN2/c1-6(8)3-7-4-10(2)5-9-7/h4-6H,3H2,1-2H3. The highest BCUT2D eigenvalue weighted by Gasteiger charge is 2.00. The summed E-state index contributed by atoms with van der Waals surface area (Å²) in [4.78, 5) is 4.70. The van der Waals surface area contributed by atoms with Gasteiger partial charge in [0.05, 0.1) is 12.0 Å². The molecule has 0 spiro atoms. The van der Waals surface area contributed by atoms with Gasteiger partial charge in [-0.05, 0) is 0 Å². The van der Waals surface area contributed by atoms with Crippen molar-refractivity contribution in [2.24, 2.45) is 7.05 Å². The van der Waals surface area contributed by atoms with Gasteiger partial charge in [0.25, 0.3) is 0 Å². The molecule has 0 N–H and O–H groups in total. The van der Waals surface area contributed by atoms with Crippen molar-refractivity contribution in [2.45, 2.75) is 18.2 Å². The first-order chi connectivity index (χ1) is 4.68. The molecule has 0 fully saturated rings. The van der Waals surface area contributed by atoms with Gasteiger partial charge in [-0.3, -0.25) is 0 Å². The van der Waals surface area contributed by atoms with E-state index in [0.717, 1.165) is 12.1 Å². The average molecular weight is 203 g/mol. The predicted octanol–water partition coefficient (Wildman–Crippen LogP) is 1.75. The lowest BCUT2D eigenvalue weighted by Crippen LogP contribution is -1.95. The molecule has 0 amide bonds. The monoisotopic (exact) mass is 202 g/mol. The molecular formula is C7H11BrN2. The maximum Gasteiger partial charge on any atom is 0.0946 e. The van der Waals surface area contributed by atoms with Crippen molar-refractivity contribution in [3.63, 3.8) is 0 Å². The van der Waals surface area contributed by atoms with Crippen LogP contribution >= 0.6 is 15.9 Å². The number of aromatic nitrogens is 2. The van der Waals surface area contributed by atoms with Crippen LogP contribution in [0.5, 0.6) is 0 Å². The molecule has 1 aromatic rings. The summed E-state index contributed by atoms with van der Waals surface area (Å²) in [5.41, 5.74) is 1.15. The Labute approximate surface area is 69.4 Å². The van der Waals surface area contributed by atoms with E-state index in [-0.39, 0.29) is 0 Å². The van der Waals surface area contributed by atoms with Crippen molar-refractivity contribution in [3.05, 3.63) is 18.2 Å². The molecule has 0 radical (unpaired) electrons. The summed E-state index contributed by atoms with van der Waals surface area (Å²) >= 11 is 3.47. The fourth-order valence-electron chi connectivity index (χ4n) is 0.861. The largest absolute Gasteiger partial charge is 0.340 e. The van der Waals surface area contributed by atoms with Gasteiger partial charge in [0.15, 0.2) is 0 Å². The van der Waals surface area contributed by atoms with E-state index in [4.69, 9.17) is 0 Å². The summed E-state index contributed by atoms with van der Waals surface area (Å²) in [5.74, 6) is 0. The summed E-state index contributed by atoms with van der Waals surface area (Å²) in [6.45, 7) is 2.12. The minimum atomic E-state index is 0.516. The highest BCUT2D eigenvalue weighted by molar-refractivity contribution is 9.09. The Balaban J connectivity index is 2.58. The number of alkyl halides is 1. The summed E-state index contributed by atoms with van der Waals surface area (Å²) < 4.78 is 1.96. The Morgan fingerprint density at radius 3 is 2.90 bits per heavy atom. The third-order valence-corrected chi connectivity index (χ3v) is 1.57. The third-order valence-electron chi connectivity index (χ3n) is 1.25. The van der Waals surface area contributed by atoms with Gasteiger partial charge in [-0.15, -0.1) is 0 Å². The van der Waals surface area contributed by atoms with Crippen LogP contribution in [0.3, 0.4) is 0 Å². The van der Waals surface area contributed by atoms with Gasteiger partial charge in [-0.1, -0.05) is 22.9 Å². The molecule has 0 saturated carbocycles. The third kappa shape index (κ3) is 2.14. The number of halogens is 1. The lowest BCUT2D eigenvalue weighted by atomic mass is 10.3. The molecule has 3 heteroatoms. The molecule has 0 aliphatic carbocycles. The maximum atomic E-state index is 4.19. The van der Waals surface area contributed by atoms with E-state index < -0.39 is 0 Å². The number of imidazole rings is 1. The first-order valence-electron chi connectivity index (χ1n) is 3.29. The van der Waals surface area contributed by atoms with Crippen molar-refractivity contribution >= 4 is 15.9 Å².